The van der Waals surface area contributed by atoms with Gasteiger partial charge in [-0.25, -0.2) is 8.42 Å². The topological polar surface area (TPSA) is 116 Å². The van der Waals surface area contributed by atoms with Gasteiger partial charge in [0.05, 0.1) is 0 Å². The molecule has 1 aliphatic heterocycles. The Morgan fingerprint density at radius 2 is 1.93 bits per heavy atom. The number of benzene rings is 2. The summed E-state index contributed by atoms with van der Waals surface area (Å²) in [7, 11) is -3.76. The molecule has 140 valence electrons. The molecule has 0 aliphatic carbocycles. The number of nitrogen functional groups attached to an aromatic ring is 1. The lowest BCUT2D eigenvalue weighted by molar-refractivity contribution is -0.118. The smallest absolute Gasteiger partial charge is 0.245 e. The van der Waals surface area contributed by atoms with Crippen molar-refractivity contribution < 1.29 is 13.2 Å². The van der Waals surface area contributed by atoms with E-state index < -0.39 is 16.1 Å². The molecule has 8 heteroatoms. The fourth-order valence-corrected chi connectivity index (χ4v) is 3.89. The molecule has 7 nitrogen and oxygen atoms in total. The molecular weight excluding hydrogens is 364 g/mol. The zero-order chi connectivity index (χ0) is 19.4. The largest absolute Gasteiger partial charge is 0.384 e. The summed E-state index contributed by atoms with van der Waals surface area (Å²) in [6.45, 7) is 0.385. The number of hydrogen-bond donors (Lipinski definition) is 3. The number of carbonyl (C=O) groups is 1. The van der Waals surface area contributed by atoms with Gasteiger partial charge in [0.15, 0.2) is 0 Å². The predicted octanol–water partition coefficient (Wildman–Crippen LogP) is 1.67. The third kappa shape index (κ3) is 4.60. The highest BCUT2D eigenvalue weighted by atomic mass is 32.2. The molecule has 0 radical (unpaired) electrons. The van der Waals surface area contributed by atoms with Gasteiger partial charge in [0.2, 0.25) is 15.9 Å². The molecule has 1 saturated heterocycles. The van der Waals surface area contributed by atoms with E-state index in [2.05, 4.69) is 4.72 Å². The first kappa shape index (κ1) is 18.8. The van der Waals surface area contributed by atoms with Crippen LogP contribution in [0.3, 0.4) is 0 Å². The molecule has 3 rings (SSSR count). The monoisotopic (exact) mass is 384 g/mol. The summed E-state index contributed by atoms with van der Waals surface area (Å²) in [5.41, 5.74) is 7.34. The van der Waals surface area contributed by atoms with Gasteiger partial charge in [-0.2, -0.15) is 4.72 Å². The lowest BCUT2D eigenvalue weighted by Crippen LogP contribution is -2.40. The predicted molar refractivity (Wildman–Crippen MR) is 106 cm³/mol. The minimum atomic E-state index is -3.76. The zero-order valence-electron chi connectivity index (χ0n) is 14.5. The average molecular weight is 384 g/mol. The average Bonchev–Trinajstić information content (AvgIpc) is 3.01. The molecule has 1 atom stereocenters. The van der Waals surface area contributed by atoms with Crippen molar-refractivity contribution in [1.29, 1.82) is 5.41 Å². The number of hydrogen-bond acceptors (Lipinski definition) is 4. The summed E-state index contributed by atoms with van der Waals surface area (Å²) >= 11 is 0. The van der Waals surface area contributed by atoms with Gasteiger partial charge in [0, 0.05) is 23.2 Å². The maximum absolute atomic E-state index is 12.6. The lowest BCUT2D eigenvalue weighted by Gasteiger charge is -2.17. The SMILES string of the molecule is N=C(N)c1cccc(N2CC[C@H](NS(=O)(=O)C=Cc3ccccc3)C2=O)c1. The Balaban J connectivity index is 1.70. The lowest BCUT2D eigenvalue weighted by atomic mass is 10.2. The quantitative estimate of drug-likeness (QED) is 0.519. The molecular formula is C19H20N4O3S. The van der Waals surface area contributed by atoms with Gasteiger partial charge >= 0.3 is 0 Å². The summed E-state index contributed by atoms with van der Waals surface area (Å²) < 4.78 is 27.0. The van der Waals surface area contributed by atoms with Crippen molar-refractivity contribution in [2.45, 2.75) is 12.5 Å². The van der Waals surface area contributed by atoms with Crippen molar-refractivity contribution >= 4 is 33.5 Å². The summed E-state index contributed by atoms with van der Waals surface area (Å²) in [5, 5.41) is 8.57. The molecule has 1 aliphatic rings. The van der Waals surface area contributed by atoms with Crippen molar-refractivity contribution in [3.05, 3.63) is 71.1 Å². The Bertz CT molecular complexity index is 987. The van der Waals surface area contributed by atoms with Gasteiger partial charge in [-0.1, -0.05) is 42.5 Å². The number of nitrogens with two attached hydrogens (primary N) is 1. The highest BCUT2D eigenvalue weighted by Gasteiger charge is 2.34. The Hall–Kier alpha value is -2.97. The second kappa shape index (κ2) is 7.73. The van der Waals surface area contributed by atoms with Gasteiger partial charge in [0.1, 0.15) is 11.9 Å². The van der Waals surface area contributed by atoms with Crippen LogP contribution in [0.15, 0.2) is 60.0 Å². The molecule has 27 heavy (non-hydrogen) atoms. The van der Waals surface area contributed by atoms with E-state index in [4.69, 9.17) is 11.1 Å². The fourth-order valence-electron chi connectivity index (χ4n) is 2.86. The van der Waals surface area contributed by atoms with Gasteiger partial charge in [-0.05, 0) is 30.2 Å². The van der Waals surface area contributed by atoms with E-state index in [9.17, 15) is 13.2 Å². The van der Waals surface area contributed by atoms with Crippen molar-refractivity contribution in [1.82, 2.24) is 4.72 Å². The van der Waals surface area contributed by atoms with E-state index in [1.54, 1.807) is 36.4 Å². The van der Waals surface area contributed by atoms with E-state index in [0.717, 1.165) is 11.0 Å². The summed E-state index contributed by atoms with van der Waals surface area (Å²) in [4.78, 5) is 14.1. The number of nitrogens with zero attached hydrogens (tertiary/aromatic N) is 1. The van der Waals surface area contributed by atoms with E-state index in [1.165, 1.54) is 11.0 Å². The molecule has 2 aromatic rings. The minimum absolute atomic E-state index is 0.0909. The Kier molecular flexibility index (Phi) is 5.38. The standard InChI is InChI=1S/C19H20N4O3S/c20-18(21)15-7-4-8-16(13-15)23-11-9-17(19(23)24)22-27(25,26)12-10-14-5-2-1-3-6-14/h1-8,10,12-13,17,22H,9,11H2,(H3,20,21)/t17-/m0/s1. The van der Waals surface area contributed by atoms with Crippen LogP contribution < -0.4 is 15.4 Å². The Labute approximate surface area is 158 Å². The van der Waals surface area contributed by atoms with Gasteiger partial charge in [-0.15, -0.1) is 0 Å². The van der Waals surface area contributed by atoms with E-state index in [0.29, 0.717) is 24.2 Å². The van der Waals surface area contributed by atoms with Gasteiger partial charge in [-0.3, -0.25) is 10.2 Å². The van der Waals surface area contributed by atoms with Crippen molar-refractivity contribution in [3.63, 3.8) is 0 Å². The molecule has 1 heterocycles. The van der Waals surface area contributed by atoms with Crippen LogP contribution in [0.5, 0.6) is 0 Å². The van der Waals surface area contributed by atoms with E-state index in [-0.39, 0.29) is 11.7 Å². The minimum Gasteiger partial charge on any atom is -0.384 e. The van der Waals surface area contributed by atoms with Crippen LogP contribution in [0.25, 0.3) is 6.08 Å². The number of sulfonamides is 1. The third-order valence-electron chi connectivity index (χ3n) is 4.22. The molecule has 0 unspecified atom stereocenters. The van der Waals surface area contributed by atoms with Crippen LogP contribution >= 0.6 is 0 Å². The second-order valence-electron chi connectivity index (χ2n) is 6.17. The first-order chi connectivity index (χ1) is 12.9. The van der Waals surface area contributed by atoms with Gasteiger partial charge < -0.3 is 10.6 Å². The number of anilines is 1. The van der Waals surface area contributed by atoms with E-state index in [1.807, 2.05) is 18.2 Å². The second-order valence-corrected chi connectivity index (χ2v) is 7.77. The van der Waals surface area contributed by atoms with Gasteiger partial charge in [0.25, 0.3) is 0 Å². The zero-order valence-corrected chi connectivity index (χ0v) is 15.3. The normalized spacial score (nSPS) is 17.6. The maximum atomic E-state index is 12.6. The van der Waals surface area contributed by atoms with Crippen LogP contribution in [-0.4, -0.2) is 32.7 Å². The highest BCUT2D eigenvalue weighted by Crippen LogP contribution is 2.23. The summed E-state index contributed by atoms with van der Waals surface area (Å²) in [6.07, 6.45) is 1.84. The summed E-state index contributed by atoms with van der Waals surface area (Å²) in [5.74, 6) is -0.417. The first-order valence-corrected chi connectivity index (χ1v) is 9.92. The number of amides is 1. The van der Waals surface area contributed by atoms with Crippen molar-refractivity contribution in [2.75, 3.05) is 11.4 Å². The third-order valence-corrected chi connectivity index (χ3v) is 5.33. The number of amidine groups is 1. The van der Waals surface area contributed by atoms with Crippen LogP contribution in [0.4, 0.5) is 5.69 Å². The van der Waals surface area contributed by atoms with E-state index >= 15 is 0 Å². The molecule has 0 bridgehead atoms. The number of rotatable bonds is 6. The Morgan fingerprint density at radius 1 is 1.19 bits per heavy atom. The molecule has 4 N–H and O–H groups in total. The van der Waals surface area contributed by atoms with Crippen LogP contribution in [0.1, 0.15) is 17.5 Å². The molecule has 1 amide bonds. The van der Waals surface area contributed by atoms with Crippen LogP contribution in [0, 0.1) is 5.41 Å². The number of carbonyl (C=O) groups excluding carboxylic acids is 1. The molecule has 1 fully saturated rings. The molecule has 0 spiro atoms. The Morgan fingerprint density at radius 3 is 2.63 bits per heavy atom. The maximum Gasteiger partial charge on any atom is 0.245 e. The van der Waals surface area contributed by atoms with Crippen molar-refractivity contribution in [3.8, 4) is 0 Å². The van der Waals surface area contributed by atoms with Crippen LogP contribution in [-0.2, 0) is 14.8 Å². The first-order valence-electron chi connectivity index (χ1n) is 8.37. The fraction of sp³-hybridized carbons (Fsp3) is 0.158. The molecule has 0 saturated carbocycles. The number of nitrogens with one attached hydrogen (secondary N) is 2. The molecule has 0 aromatic heterocycles. The van der Waals surface area contributed by atoms with Crippen molar-refractivity contribution in [2.24, 2.45) is 5.73 Å². The molecule has 2 aromatic carbocycles. The summed E-state index contributed by atoms with van der Waals surface area (Å²) in [6, 6.07) is 15.0. The highest BCUT2D eigenvalue weighted by molar-refractivity contribution is 7.92. The van der Waals surface area contributed by atoms with Crippen LogP contribution in [0.2, 0.25) is 0 Å².